The van der Waals surface area contributed by atoms with Crippen LogP contribution in [-0.2, 0) is 0 Å². The van der Waals surface area contributed by atoms with Crippen molar-refractivity contribution in [2.45, 2.75) is 6.92 Å². The van der Waals surface area contributed by atoms with Crippen LogP contribution in [0.5, 0.6) is 5.75 Å². The molecule has 0 fully saturated rings. The van der Waals surface area contributed by atoms with Crippen LogP contribution < -0.4 is 4.74 Å². The molecular weight excluding hydrogens is 250 g/mol. The largest absolute Gasteiger partial charge is 0.497 e. The predicted octanol–water partition coefficient (Wildman–Crippen LogP) is 4.33. The van der Waals surface area contributed by atoms with Crippen molar-refractivity contribution in [1.82, 2.24) is 4.98 Å². The minimum atomic E-state index is 0.652. The van der Waals surface area contributed by atoms with E-state index in [0.717, 1.165) is 28.2 Å². The van der Waals surface area contributed by atoms with Gasteiger partial charge in [0.2, 0.25) is 5.89 Å². The monoisotopic (exact) mass is 265 g/mol. The summed E-state index contributed by atoms with van der Waals surface area (Å²) in [6, 6.07) is 16.2. The smallest absolute Gasteiger partial charge is 0.226 e. The number of benzene rings is 2. The normalized spacial score (nSPS) is 10.5. The zero-order chi connectivity index (χ0) is 13.9. The van der Waals surface area contributed by atoms with Crippen molar-refractivity contribution in [3.63, 3.8) is 0 Å². The van der Waals surface area contributed by atoms with Crippen LogP contribution in [0, 0.1) is 6.92 Å². The summed E-state index contributed by atoms with van der Waals surface area (Å²) >= 11 is 0. The van der Waals surface area contributed by atoms with E-state index in [0.29, 0.717) is 5.89 Å². The molecule has 0 aliphatic rings. The third-order valence-electron chi connectivity index (χ3n) is 3.16. The third kappa shape index (κ3) is 2.43. The van der Waals surface area contributed by atoms with Crippen molar-refractivity contribution >= 4 is 0 Å². The average Bonchev–Trinajstić information content (AvgIpc) is 2.94. The van der Waals surface area contributed by atoms with Gasteiger partial charge in [0, 0.05) is 5.56 Å². The maximum atomic E-state index is 5.52. The Morgan fingerprint density at radius 2 is 1.70 bits per heavy atom. The maximum Gasteiger partial charge on any atom is 0.226 e. The SMILES string of the molecule is COc1cccc(-c2ccc(-c3ncc(C)o3)cc2)c1. The molecule has 0 bridgehead atoms. The molecule has 0 radical (unpaired) electrons. The number of ether oxygens (including phenoxy) is 1. The highest BCUT2D eigenvalue weighted by molar-refractivity contribution is 5.68. The molecule has 1 heterocycles. The second-order valence-corrected chi connectivity index (χ2v) is 4.59. The summed E-state index contributed by atoms with van der Waals surface area (Å²) in [7, 11) is 1.67. The number of hydrogen-bond acceptors (Lipinski definition) is 3. The second-order valence-electron chi connectivity index (χ2n) is 4.59. The lowest BCUT2D eigenvalue weighted by molar-refractivity contribution is 0.415. The first kappa shape index (κ1) is 12.5. The second kappa shape index (κ2) is 5.21. The number of nitrogens with zero attached hydrogens (tertiary/aromatic N) is 1. The highest BCUT2D eigenvalue weighted by Gasteiger charge is 2.05. The van der Waals surface area contributed by atoms with Crippen molar-refractivity contribution in [3.05, 3.63) is 60.5 Å². The van der Waals surface area contributed by atoms with E-state index in [1.54, 1.807) is 13.3 Å². The van der Waals surface area contributed by atoms with Gasteiger partial charge in [-0.3, -0.25) is 0 Å². The van der Waals surface area contributed by atoms with E-state index in [-0.39, 0.29) is 0 Å². The summed E-state index contributed by atoms with van der Waals surface area (Å²) in [6.07, 6.45) is 1.73. The summed E-state index contributed by atoms with van der Waals surface area (Å²) in [5.74, 6) is 2.33. The first-order valence-corrected chi connectivity index (χ1v) is 6.43. The lowest BCUT2D eigenvalue weighted by atomic mass is 10.0. The Morgan fingerprint density at radius 1 is 0.950 bits per heavy atom. The number of rotatable bonds is 3. The number of hydrogen-bond donors (Lipinski definition) is 0. The molecule has 3 aromatic rings. The Hall–Kier alpha value is -2.55. The minimum Gasteiger partial charge on any atom is -0.497 e. The molecule has 0 saturated heterocycles. The van der Waals surface area contributed by atoms with Gasteiger partial charge in [-0.1, -0.05) is 24.3 Å². The summed E-state index contributed by atoms with van der Waals surface area (Å²) in [5.41, 5.74) is 3.24. The van der Waals surface area contributed by atoms with Crippen molar-refractivity contribution < 1.29 is 9.15 Å². The molecule has 0 saturated carbocycles. The third-order valence-corrected chi connectivity index (χ3v) is 3.16. The van der Waals surface area contributed by atoms with E-state index in [2.05, 4.69) is 23.2 Å². The van der Waals surface area contributed by atoms with Gasteiger partial charge in [-0.05, 0) is 42.3 Å². The minimum absolute atomic E-state index is 0.652. The van der Waals surface area contributed by atoms with Crippen LogP contribution >= 0.6 is 0 Å². The van der Waals surface area contributed by atoms with Gasteiger partial charge in [-0.25, -0.2) is 4.98 Å². The fraction of sp³-hybridized carbons (Fsp3) is 0.118. The zero-order valence-corrected chi connectivity index (χ0v) is 11.5. The highest BCUT2D eigenvalue weighted by Crippen LogP contribution is 2.26. The Morgan fingerprint density at radius 3 is 2.35 bits per heavy atom. The van der Waals surface area contributed by atoms with Crippen molar-refractivity contribution in [1.29, 1.82) is 0 Å². The lowest BCUT2D eigenvalue weighted by Crippen LogP contribution is -1.84. The Balaban J connectivity index is 1.92. The highest BCUT2D eigenvalue weighted by atomic mass is 16.5. The lowest BCUT2D eigenvalue weighted by Gasteiger charge is -2.05. The molecule has 0 spiro atoms. The maximum absolute atomic E-state index is 5.52. The van der Waals surface area contributed by atoms with Crippen LogP contribution in [-0.4, -0.2) is 12.1 Å². The molecule has 100 valence electrons. The Labute approximate surface area is 117 Å². The molecule has 2 aromatic carbocycles. The summed E-state index contributed by atoms with van der Waals surface area (Å²) in [6.45, 7) is 1.89. The molecule has 20 heavy (non-hydrogen) atoms. The molecule has 3 nitrogen and oxygen atoms in total. The van der Waals surface area contributed by atoms with E-state index in [1.807, 2.05) is 37.3 Å². The van der Waals surface area contributed by atoms with Gasteiger partial charge in [0.1, 0.15) is 11.5 Å². The standard InChI is InChI=1S/C17H15NO2/c1-12-11-18-17(20-12)14-8-6-13(7-9-14)15-4-3-5-16(10-15)19-2/h3-11H,1-2H3. The molecule has 0 unspecified atom stereocenters. The molecule has 0 N–H and O–H groups in total. The molecule has 0 atom stereocenters. The zero-order valence-electron chi connectivity index (χ0n) is 11.5. The van der Waals surface area contributed by atoms with Crippen molar-refractivity contribution in [3.8, 4) is 28.3 Å². The van der Waals surface area contributed by atoms with Crippen LogP contribution in [0.25, 0.3) is 22.6 Å². The number of methoxy groups -OCH3 is 1. The van der Waals surface area contributed by atoms with E-state index < -0.39 is 0 Å². The topological polar surface area (TPSA) is 35.3 Å². The van der Waals surface area contributed by atoms with E-state index in [9.17, 15) is 0 Å². The van der Waals surface area contributed by atoms with Crippen LogP contribution in [0.1, 0.15) is 5.76 Å². The van der Waals surface area contributed by atoms with Crippen LogP contribution in [0.15, 0.2) is 59.1 Å². The van der Waals surface area contributed by atoms with E-state index in [4.69, 9.17) is 9.15 Å². The molecule has 0 aliphatic carbocycles. The van der Waals surface area contributed by atoms with Crippen LogP contribution in [0.4, 0.5) is 0 Å². The Bertz CT molecular complexity index is 714. The van der Waals surface area contributed by atoms with Gasteiger partial charge in [-0.15, -0.1) is 0 Å². The summed E-state index contributed by atoms with van der Waals surface area (Å²) in [4.78, 5) is 4.23. The van der Waals surface area contributed by atoms with E-state index >= 15 is 0 Å². The molecule has 0 amide bonds. The van der Waals surface area contributed by atoms with Gasteiger partial charge in [0.15, 0.2) is 0 Å². The quantitative estimate of drug-likeness (QED) is 0.707. The van der Waals surface area contributed by atoms with Crippen molar-refractivity contribution in [2.75, 3.05) is 7.11 Å². The van der Waals surface area contributed by atoms with Gasteiger partial charge in [0.05, 0.1) is 13.3 Å². The predicted molar refractivity (Wildman–Crippen MR) is 78.7 cm³/mol. The molecule has 3 rings (SSSR count). The van der Waals surface area contributed by atoms with Gasteiger partial charge >= 0.3 is 0 Å². The van der Waals surface area contributed by atoms with E-state index in [1.165, 1.54) is 0 Å². The average molecular weight is 265 g/mol. The Kier molecular flexibility index (Phi) is 3.25. The fourth-order valence-electron chi connectivity index (χ4n) is 2.10. The fourth-order valence-corrected chi connectivity index (χ4v) is 2.10. The summed E-state index contributed by atoms with van der Waals surface area (Å²) in [5, 5.41) is 0. The van der Waals surface area contributed by atoms with Gasteiger partial charge < -0.3 is 9.15 Å². The van der Waals surface area contributed by atoms with Crippen LogP contribution in [0.3, 0.4) is 0 Å². The molecule has 3 heteroatoms. The summed E-state index contributed by atoms with van der Waals surface area (Å²) < 4.78 is 10.8. The number of oxazole rings is 1. The van der Waals surface area contributed by atoms with Crippen molar-refractivity contribution in [2.24, 2.45) is 0 Å². The number of aromatic nitrogens is 1. The van der Waals surface area contributed by atoms with Gasteiger partial charge in [-0.2, -0.15) is 0 Å². The number of aryl methyl sites for hydroxylation is 1. The van der Waals surface area contributed by atoms with Gasteiger partial charge in [0.25, 0.3) is 0 Å². The molecule has 1 aromatic heterocycles. The molecule has 0 aliphatic heterocycles. The van der Waals surface area contributed by atoms with Crippen LogP contribution in [0.2, 0.25) is 0 Å². The first-order valence-electron chi connectivity index (χ1n) is 6.43. The first-order chi connectivity index (χ1) is 9.76. The molecular formula is C17H15NO2.